The third-order valence-electron chi connectivity index (χ3n) is 4.34. The van der Waals surface area contributed by atoms with E-state index in [2.05, 4.69) is 5.10 Å². The normalized spacial score (nSPS) is 21.4. The number of hydrogen-bond acceptors (Lipinski definition) is 4. The number of carbonyl (C=O) groups is 2. The van der Waals surface area contributed by atoms with Gasteiger partial charge in [-0.2, -0.15) is 5.10 Å². The van der Waals surface area contributed by atoms with Crippen molar-refractivity contribution in [1.29, 1.82) is 0 Å². The van der Waals surface area contributed by atoms with Gasteiger partial charge < -0.3 is 14.5 Å². The highest BCUT2D eigenvalue weighted by Crippen LogP contribution is 2.24. The van der Waals surface area contributed by atoms with Crippen LogP contribution in [-0.2, 0) is 20.9 Å². The monoisotopic (exact) mass is 320 g/mol. The quantitative estimate of drug-likeness (QED) is 0.821. The van der Waals surface area contributed by atoms with Crippen LogP contribution in [0.4, 0.5) is 0 Å². The predicted molar refractivity (Wildman–Crippen MR) is 83.5 cm³/mol. The fourth-order valence-electron chi connectivity index (χ4n) is 3.14. The van der Waals surface area contributed by atoms with Crippen LogP contribution in [-0.4, -0.2) is 64.2 Å². The van der Waals surface area contributed by atoms with E-state index in [-0.39, 0.29) is 11.8 Å². The van der Waals surface area contributed by atoms with Crippen molar-refractivity contribution >= 4 is 11.8 Å². The van der Waals surface area contributed by atoms with Gasteiger partial charge >= 0.3 is 0 Å². The van der Waals surface area contributed by atoms with Crippen molar-refractivity contribution in [3.05, 3.63) is 18.0 Å². The minimum Gasteiger partial charge on any atom is -0.378 e. The van der Waals surface area contributed by atoms with Crippen LogP contribution in [0.2, 0.25) is 0 Å². The number of nitrogens with zero attached hydrogens (tertiary/aromatic N) is 4. The molecule has 126 valence electrons. The summed E-state index contributed by atoms with van der Waals surface area (Å²) in [6, 6.07) is 1.46. The first kappa shape index (κ1) is 16.0. The van der Waals surface area contributed by atoms with Crippen molar-refractivity contribution in [3.8, 4) is 0 Å². The van der Waals surface area contributed by atoms with E-state index in [4.69, 9.17) is 4.74 Å². The first-order chi connectivity index (χ1) is 11.1. The predicted octanol–water partition coefficient (Wildman–Crippen LogP) is 0.671. The second kappa shape index (κ2) is 6.70. The summed E-state index contributed by atoms with van der Waals surface area (Å²) in [7, 11) is 0. The van der Waals surface area contributed by atoms with E-state index in [9.17, 15) is 9.59 Å². The molecule has 0 saturated carbocycles. The molecule has 0 aromatic carbocycles. The Morgan fingerprint density at radius 1 is 1.30 bits per heavy atom. The van der Waals surface area contributed by atoms with E-state index >= 15 is 0 Å². The summed E-state index contributed by atoms with van der Waals surface area (Å²) in [4.78, 5) is 28.9. The summed E-state index contributed by atoms with van der Waals surface area (Å²) in [6.45, 7) is 7.33. The van der Waals surface area contributed by atoms with Crippen LogP contribution < -0.4 is 0 Å². The van der Waals surface area contributed by atoms with Gasteiger partial charge in [-0.1, -0.05) is 13.8 Å². The second-order valence-electron chi connectivity index (χ2n) is 6.59. The van der Waals surface area contributed by atoms with E-state index in [1.807, 2.05) is 24.8 Å². The Labute approximate surface area is 136 Å². The molecule has 3 rings (SSSR count). The lowest BCUT2D eigenvalue weighted by molar-refractivity contribution is -0.143. The van der Waals surface area contributed by atoms with Crippen LogP contribution in [0.3, 0.4) is 0 Å². The van der Waals surface area contributed by atoms with Crippen LogP contribution in [0, 0.1) is 5.92 Å². The molecule has 2 aliphatic heterocycles. The van der Waals surface area contributed by atoms with Gasteiger partial charge in [-0.25, -0.2) is 0 Å². The van der Waals surface area contributed by atoms with E-state index in [1.165, 1.54) is 0 Å². The molecule has 0 radical (unpaired) electrons. The smallest absolute Gasteiger partial charge is 0.249 e. The number of morpholine rings is 1. The molecule has 0 unspecified atom stereocenters. The third kappa shape index (κ3) is 3.39. The van der Waals surface area contributed by atoms with Crippen LogP contribution >= 0.6 is 0 Å². The standard InChI is InChI=1S/C16H24N4O3/c1-12(2)9-15(21)19-10-13-3-4-17-20(13)14(11-19)16(22)18-5-7-23-8-6-18/h3-4,12,14H,5-11H2,1-2H3/t14-/m1/s1. The van der Waals surface area contributed by atoms with Crippen LogP contribution in [0.25, 0.3) is 0 Å². The van der Waals surface area contributed by atoms with Crippen LogP contribution in [0.15, 0.2) is 12.3 Å². The molecule has 1 fully saturated rings. The maximum atomic E-state index is 12.9. The van der Waals surface area contributed by atoms with Crippen molar-refractivity contribution in [3.63, 3.8) is 0 Å². The molecule has 0 aliphatic carbocycles. The van der Waals surface area contributed by atoms with Gasteiger partial charge in [-0.05, 0) is 12.0 Å². The van der Waals surface area contributed by atoms with Gasteiger partial charge in [0.15, 0.2) is 0 Å². The van der Waals surface area contributed by atoms with Crippen LogP contribution in [0.5, 0.6) is 0 Å². The molecular weight excluding hydrogens is 296 g/mol. The zero-order chi connectivity index (χ0) is 16.4. The van der Waals surface area contributed by atoms with E-state index in [0.29, 0.717) is 51.7 Å². The highest BCUT2D eigenvalue weighted by atomic mass is 16.5. The zero-order valence-corrected chi connectivity index (χ0v) is 13.8. The molecule has 1 aromatic rings. The van der Waals surface area contributed by atoms with Gasteiger partial charge in [0.05, 0.1) is 32.0 Å². The van der Waals surface area contributed by atoms with Gasteiger partial charge in [0, 0.05) is 25.7 Å². The van der Waals surface area contributed by atoms with E-state index in [1.54, 1.807) is 15.8 Å². The third-order valence-corrected chi connectivity index (χ3v) is 4.34. The minimum atomic E-state index is -0.428. The fourth-order valence-corrected chi connectivity index (χ4v) is 3.14. The number of ether oxygens (including phenoxy) is 1. The second-order valence-corrected chi connectivity index (χ2v) is 6.59. The molecule has 1 saturated heterocycles. The number of amides is 2. The Morgan fingerprint density at radius 3 is 2.74 bits per heavy atom. The Bertz CT molecular complexity index is 578. The minimum absolute atomic E-state index is 0.0281. The molecule has 0 bridgehead atoms. The number of carbonyl (C=O) groups excluding carboxylic acids is 2. The van der Waals surface area contributed by atoms with Gasteiger partial charge in [-0.3, -0.25) is 14.3 Å². The number of fused-ring (bicyclic) bond motifs is 1. The molecule has 1 aromatic heterocycles. The summed E-state index contributed by atoms with van der Waals surface area (Å²) >= 11 is 0. The Morgan fingerprint density at radius 2 is 2.04 bits per heavy atom. The molecule has 1 atom stereocenters. The summed E-state index contributed by atoms with van der Waals surface area (Å²) in [6.07, 6.45) is 2.21. The highest BCUT2D eigenvalue weighted by Gasteiger charge is 2.35. The van der Waals surface area contributed by atoms with Gasteiger partial charge in [0.25, 0.3) is 0 Å². The van der Waals surface area contributed by atoms with Crippen molar-refractivity contribution in [2.24, 2.45) is 5.92 Å². The molecule has 2 aliphatic rings. The molecule has 3 heterocycles. The first-order valence-corrected chi connectivity index (χ1v) is 8.23. The largest absolute Gasteiger partial charge is 0.378 e. The molecule has 0 spiro atoms. The molecule has 23 heavy (non-hydrogen) atoms. The van der Waals surface area contributed by atoms with Gasteiger partial charge in [0.2, 0.25) is 11.8 Å². The van der Waals surface area contributed by atoms with E-state index in [0.717, 1.165) is 5.69 Å². The maximum Gasteiger partial charge on any atom is 0.249 e. The average molecular weight is 320 g/mol. The molecular formula is C16H24N4O3. The molecule has 7 heteroatoms. The summed E-state index contributed by atoms with van der Waals surface area (Å²) < 4.78 is 7.09. The topological polar surface area (TPSA) is 67.7 Å². The van der Waals surface area contributed by atoms with Gasteiger partial charge in [-0.15, -0.1) is 0 Å². The van der Waals surface area contributed by atoms with E-state index < -0.39 is 6.04 Å². The fraction of sp³-hybridized carbons (Fsp3) is 0.688. The Hall–Kier alpha value is -1.89. The molecule has 0 N–H and O–H groups in total. The molecule has 7 nitrogen and oxygen atoms in total. The SMILES string of the molecule is CC(C)CC(=O)N1Cc2ccnn2[C@@H](C(=O)N2CCOCC2)C1. The number of rotatable bonds is 3. The zero-order valence-electron chi connectivity index (χ0n) is 13.8. The molecule has 2 amide bonds. The van der Waals surface area contributed by atoms with Crippen molar-refractivity contribution in [2.45, 2.75) is 32.9 Å². The first-order valence-electron chi connectivity index (χ1n) is 8.23. The average Bonchev–Trinajstić information content (AvgIpc) is 3.02. The lowest BCUT2D eigenvalue weighted by atomic mass is 10.1. The van der Waals surface area contributed by atoms with Crippen molar-refractivity contribution in [1.82, 2.24) is 19.6 Å². The van der Waals surface area contributed by atoms with Crippen LogP contribution in [0.1, 0.15) is 32.0 Å². The van der Waals surface area contributed by atoms with Gasteiger partial charge in [0.1, 0.15) is 6.04 Å². The van der Waals surface area contributed by atoms with Crippen molar-refractivity contribution in [2.75, 3.05) is 32.8 Å². The van der Waals surface area contributed by atoms with Crippen molar-refractivity contribution < 1.29 is 14.3 Å². The summed E-state index contributed by atoms with van der Waals surface area (Å²) in [5.74, 6) is 0.440. The Kier molecular flexibility index (Phi) is 4.66. The lowest BCUT2D eigenvalue weighted by Crippen LogP contribution is -2.50. The highest BCUT2D eigenvalue weighted by molar-refractivity contribution is 5.83. The summed E-state index contributed by atoms with van der Waals surface area (Å²) in [5.41, 5.74) is 0.917. The number of aromatic nitrogens is 2. The number of hydrogen-bond donors (Lipinski definition) is 0. The summed E-state index contributed by atoms with van der Waals surface area (Å²) in [5, 5.41) is 4.31. The maximum absolute atomic E-state index is 12.9. The Balaban J connectivity index is 1.78. The lowest BCUT2D eigenvalue weighted by Gasteiger charge is -2.37.